The SMILES string of the molecule is CCc1noc(C)c1CNCc1ccnn1-c1ccccc1OC. The van der Waals surface area contributed by atoms with Gasteiger partial charge in [0.2, 0.25) is 0 Å². The highest BCUT2D eigenvalue weighted by molar-refractivity contribution is 5.46. The quantitative estimate of drug-likeness (QED) is 0.723. The summed E-state index contributed by atoms with van der Waals surface area (Å²) in [4.78, 5) is 0. The monoisotopic (exact) mass is 326 g/mol. The lowest BCUT2D eigenvalue weighted by molar-refractivity contribution is 0.390. The molecule has 0 radical (unpaired) electrons. The smallest absolute Gasteiger partial charge is 0.144 e. The second kappa shape index (κ2) is 7.31. The van der Waals surface area contributed by atoms with E-state index in [-0.39, 0.29) is 0 Å². The molecule has 6 heteroatoms. The normalized spacial score (nSPS) is 11.0. The van der Waals surface area contributed by atoms with E-state index in [1.165, 1.54) is 0 Å². The van der Waals surface area contributed by atoms with Crippen molar-refractivity contribution in [2.45, 2.75) is 33.4 Å². The van der Waals surface area contributed by atoms with Crippen LogP contribution in [-0.2, 0) is 19.5 Å². The minimum Gasteiger partial charge on any atom is -0.494 e. The van der Waals surface area contributed by atoms with E-state index >= 15 is 0 Å². The summed E-state index contributed by atoms with van der Waals surface area (Å²) >= 11 is 0. The molecule has 0 amide bonds. The number of aryl methyl sites for hydroxylation is 2. The number of methoxy groups -OCH3 is 1. The van der Waals surface area contributed by atoms with Crippen LogP contribution in [0.2, 0.25) is 0 Å². The number of hydrogen-bond acceptors (Lipinski definition) is 5. The van der Waals surface area contributed by atoms with Crippen LogP contribution in [0.15, 0.2) is 41.1 Å². The van der Waals surface area contributed by atoms with Crippen molar-refractivity contribution in [3.8, 4) is 11.4 Å². The molecule has 6 nitrogen and oxygen atoms in total. The third-order valence-corrected chi connectivity index (χ3v) is 4.04. The summed E-state index contributed by atoms with van der Waals surface area (Å²) < 4.78 is 12.6. The van der Waals surface area contributed by atoms with Gasteiger partial charge in [-0.05, 0) is 31.5 Å². The molecular weight excluding hydrogens is 304 g/mol. The lowest BCUT2D eigenvalue weighted by Gasteiger charge is -2.12. The van der Waals surface area contributed by atoms with E-state index in [1.54, 1.807) is 13.3 Å². The molecule has 0 aliphatic heterocycles. The molecule has 24 heavy (non-hydrogen) atoms. The Kier molecular flexibility index (Phi) is 4.96. The highest BCUT2D eigenvalue weighted by atomic mass is 16.5. The minimum atomic E-state index is 0.686. The highest BCUT2D eigenvalue weighted by Gasteiger charge is 2.12. The van der Waals surface area contributed by atoms with Crippen LogP contribution >= 0.6 is 0 Å². The number of ether oxygens (including phenoxy) is 1. The Hall–Kier alpha value is -2.60. The number of aromatic nitrogens is 3. The van der Waals surface area contributed by atoms with Crippen LogP contribution in [0.1, 0.15) is 29.6 Å². The first-order valence-corrected chi connectivity index (χ1v) is 8.05. The van der Waals surface area contributed by atoms with Crippen LogP contribution in [0.3, 0.4) is 0 Å². The van der Waals surface area contributed by atoms with E-state index < -0.39 is 0 Å². The summed E-state index contributed by atoms with van der Waals surface area (Å²) in [7, 11) is 1.67. The summed E-state index contributed by atoms with van der Waals surface area (Å²) in [5.41, 5.74) is 4.14. The van der Waals surface area contributed by atoms with E-state index in [0.717, 1.165) is 47.1 Å². The first kappa shape index (κ1) is 16.3. The van der Waals surface area contributed by atoms with Gasteiger partial charge in [0.25, 0.3) is 0 Å². The minimum absolute atomic E-state index is 0.686. The third kappa shape index (κ3) is 3.19. The van der Waals surface area contributed by atoms with Crippen molar-refractivity contribution in [1.82, 2.24) is 20.3 Å². The average Bonchev–Trinajstić information content (AvgIpc) is 3.22. The van der Waals surface area contributed by atoms with Gasteiger partial charge in [0.15, 0.2) is 0 Å². The fourth-order valence-corrected chi connectivity index (χ4v) is 2.74. The molecule has 0 spiro atoms. The van der Waals surface area contributed by atoms with Crippen molar-refractivity contribution < 1.29 is 9.26 Å². The van der Waals surface area contributed by atoms with E-state index in [1.807, 2.05) is 41.9 Å². The zero-order valence-corrected chi connectivity index (χ0v) is 14.2. The third-order valence-electron chi connectivity index (χ3n) is 4.04. The predicted octanol–water partition coefficient (Wildman–Crippen LogP) is 3.03. The predicted molar refractivity (Wildman–Crippen MR) is 91.3 cm³/mol. The molecular formula is C18H22N4O2. The van der Waals surface area contributed by atoms with Crippen molar-refractivity contribution in [3.63, 3.8) is 0 Å². The second-order valence-electron chi connectivity index (χ2n) is 5.53. The van der Waals surface area contributed by atoms with Crippen LogP contribution in [0.25, 0.3) is 5.69 Å². The van der Waals surface area contributed by atoms with Crippen LogP contribution in [0.5, 0.6) is 5.75 Å². The summed E-state index contributed by atoms with van der Waals surface area (Å²) in [6.45, 7) is 5.43. The van der Waals surface area contributed by atoms with Crippen molar-refractivity contribution in [2.75, 3.05) is 7.11 Å². The largest absolute Gasteiger partial charge is 0.494 e. The summed E-state index contributed by atoms with van der Waals surface area (Å²) in [5, 5.41) is 12.0. The van der Waals surface area contributed by atoms with Gasteiger partial charge in [0.1, 0.15) is 17.2 Å². The van der Waals surface area contributed by atoms with Gasteiger partial charge in [-0.3, -0.25) is 0 Å². The topological polar surface area (TPSA) is 65.1 Å². The zero-order chi connectivity index (χ0) is 16.9. The molecule has 2 aromatic heterocycles. The molecule has 0 saturated carbocycles. The van der Waals surface area contributed by atoms with Crippen LogP contribution in [-0.4, -0.2) is 22.0 Å². The maximum atomic E-state index is 5.43. The molecule has 2 heterocycles. The molecule has 0 saturated heterocycles. The molecule has 0 bridgehead atoms. The number of rotatable bonds is 7. The van der Waals surface area contributed by atoms with Crippen LogP contribution in [0, 0.1) is 6.92 Å². The molecule has 1 N–H and O–H groups in total. The zero-order valence-electron chi connectivity index (χ0n) is 14.2. The van der Waals surface area contributed by atoms with Gasteiger partial charge in [-0.25, -0.2) is 4.68 Å². The molecule has 126 valence electrons. The summed E-state index contributed by atoms with van der Waals surface area (Å²) in [6, 6.07) is 9.85. The Morgan fingerprint density at radius 1 is 1.21 bits per heavy atom. The first-order valence-electron chi connectivity index (χ1n) is 8.05. The Morgan fingerprint density at radius 3 is 2.83 bits per heavy atom. The Morgan fingerprint density at radius 2 is 2.04 bits per heavy atom. The molecule has 3 aromatic rings. The molecule has 0 fully saturated rings. The number of nitrogens with zero attached hydrogens (tertiary/aromatic N) is 3. The fraction of sp³-hybridized carbons (Fsp3) is 0.333. The van der Waals surface area contributed by atoms with Gasteiger partial charge in [-0.15, -0.1) is 0 Å². The van der Waals surface area contributed by atoms with Crippen molar-refractivity contribution in [2.24, 2.45) is 0 Å². The summed E-state index contributed by atoms with van der Waals surface area (Å²) in [6.07, 6.45) is 2.67. The molecule has 0 aliphatic carbocycles. The molecule has 1 aromatic carbocycles. The van der Waals surface area contributed by atoms with E-state index in [0.29, 0.717) is 6.54 Å². The molecule has 0 unspecified atom stereocenters. The van der Waals surface area contributed by atoms with Crippen LogP contribution in [0.4, 0.5) is 0 Å². The van der Waals surface area contributed by atoms with Gasteiger partial charge in [-0.2, -0.15) is 5.10 Å². The van der Waals surface area contributed by atoms with Crippen molar-refractivity contribution in [1.29, 1.82) is 0 Å². The first-order chi connectivity index (χ1) is 11.7. The van der Waals surface area contributed by atoms with Gasteiger partial charge in [-0.1, -0.05) is 24.2 Å². The lowest BCUT2D eigenvalue weighted by atomic mass is 10.1. The summed E-state index contributed by atoms with van der Waals surface area (Å²) in [5.74, 6) is 1.67. The maximum absolute atomic E-state index is 5.43. The Bertz CT molecular complexity index is 807. The van der Waals surface area contributed by atoms with E-state index in [4.69, 9.17) is 9.26 Å². The molecule has 0 atom stereocenters. The van der Waals surface area contributed by atoms with Crippen LogP contribution < -0.4 is 10.1 Å². The van der Waals surface area contributed by atoms with Gasteiger partial charge in [0, 0.05) is 24.8 Å². The van der Waals surface area contributed by atoms with Gasteiger partial charge in [0.05, 0.1) is 18.5 Å². The number of para-hydroxylation sites is 2. The Balaban J connectivity index is 1.73. The molecule has 3 rings (SSSR count). The van der Waals surface area contributed by atoms with E-state index in [2.05, 4.69) is 22.5 Å². The standard InChI is InChI=1S/C18H22N4O2/c1-4-16-15(13(2)24-21-16)12-19-11-14-9-10-20-22(14)17-7-5-6-8-18(17)23-3/h5-10,19H,4,11-12H2,1-3H3. The van der Waals surface area contributed by atoms with Gasteiger partial charge >= 0.3 is 0 Å². The average molecular weight is 326 g/mol. The highest BCUT2D eigenvalue weighted by Crippen LogP contribution is 2.22. The number of benzene rings is 1. The van der Waals surface area contributed by atoms with Gasteiger partial charge < -0.3 is 14.6 Å². The number of nitrogens with one attached hydrogen (secondary N) is 1. The fourth-order valence-electron chi connectivity index (χ4n) is 2.74. The second-order valence-corrected chi connectivity index (χ2v) is 5.53. The molecule has 0 aliphatic rings. The van der Waals surface area contributed by atoms with Crippen molar-refractivity contribution in [3.05, 3.63) is 59.2 Å². The Labute approximate surface area is 141 Å². The maximum Gasteiger partial charge on any atom is 0.144 e. The van der Waals surface area contributed by atoms with Crippen molar-refractivity contribution >= 4 is 0 Å². The lowest BCUT2D eigenvalue weighted by Crippen LogP contribution is -2.17. The number of hydrogen-bond donors (Lipinski definition) is 1. The van der Waals surface area contributed by atoms with E-state index in [9.17, 15) is 0 Å².